The maximum atomic E-state index is 12.3. The second-order valence-corrected chi connectivity index (χ2v) is 8.75. The average molecular weight is 439 g/mol. The molecule has 1 saturated heterocycles. The molecule has 0 unspecified atom stereocenters. The van der Waals surface area contributed by atoms with Gasteiger partial charge in [-0.25, -0.2) is 14.3 Å². The van der Waals surface area contributed by atoms with Gasteiger partial charge in [0.05, 0.1) is 23.1 Å². The zero-order valence-electron chi connectivity index (χ0n) is 17.7. The van der Waals surface area contributed by atoms with Gasteiger partial charge in [-0.05, 0) is 45.0 Å². The minimum atomic E-state index is -0.519. The Morgan fingerprint density at radius 2 is 1.90 bits per heavy atom. The van der Waals surface area contributed by atoms with Gasteiger partial charge in [0.15, 0.2) is 5.65 Å². The van der Waals surface area contributed by atoms with Gasteiger partial charge in [-0.3, -0.25) is 0 Å². The fraction of sp³-hybridized carbons (Fsp3) is 0.364. The second-order valence-electron chi connectivity index (χ2n) is 8.37. The van der Waals surface area contributed by atoms with Gasteiger partial charge in [0.25, 0.3) is 0 Å². The SMILES string of the molecule is CC(C)(C)OC(=O)N1CCN(c2ccc(-c3cnc4ccc(Cl)nn34)cc2C#N)CC1. The summed E-state index contributed by atoms with van der Waals surface area (Å²) in [5.41, 5.74) is 3.15. The van der Waals surface area contributed by atoms with E-state index in [1.165, 1.54) is 0 Å². The molecule has 0 N–H and O–H groups in total. The monoisotopic (exact) mass is 438 g/mol. The highest BCUT2D eigenvalue weighted by atomic mass is 35.5. The highest BCUT2D eigenvalue weighted by Crippen LogP contribution is 2.29. The number of hydrogen-bond acceptors (Lipinski definition) is 6. The van der Waals surface area contributed by atoms with Gasteiger partial charge in [0.1, 0.15) is 16.8 Å². The maximum absolute atomic E-state index is 12.3. The van der Waals surface area contributed by atoms with Crippen molar-refractivity contribution in [1.29, 1.82) is 5.26 Å². The average Bonchev–Trinajstić information content (AvgIpc) is 3.15. The van der Waals surface area contributed by atoms with E-state index < -0.39 is 5.60 Å². The molecule has 4 rings (SSSR count). The Bertz CT molecular complexity index is 1170. The minimum Gasteiger partial charge on any atom is -0.444 e. The van der Waals surface area contributed by atoms with Crippen molar-refractivity contribution in [2.75, 3.05) is 31.1 Å². The molecule has 0 saturated carbocycles. The van der Waals surface area contributed by atoms with Crippen molar-refractivity contribution in [1.82, 2.24) is 19.5 Å². The number of nitriles is 1. The summed E-state index contributed by atoms with van der Waals surface area (Å²) in [6.07, 6.45) is 1.41. The molecule has 9 heteroatoms. The van der Waals surface area contributed by atoms with Crippen molar-refractivity contribution in [2.24, 2.45) is 0 Å². The zero-order chi connectivity index (χ0) is 22.2. The van der Waals surface area contributed by atoms with Crippen LogP contribution in [0.4, 0.5) is 10.5 Å². The second kappa shape index (κ2) is 8.08. The fourth-order valence-corrected chi connectivity index (χ4v) is 3.70. The molecule has 8 nitrogen and oxygen atoms in total. The number of rotatable bonds is 2. The highest BCUT2D eigenvalue weighted by molar-refractivity contribution is 6.29. The quantitative estimate of drug-likeness (QED) is 0.601. The summed E-state index contributed by atoms with van der Waals surface area (Å²) < 4.78 is 7.12. The van der Waals surface area contributed by atoms with Crippen molar-refractivity contribution in [3.63, 3.8) is 0 Å². The molecule has 0 atom stereocenters. The number of halogens is 1. The first-order valence-corrected chi connectivity index (χ1v) is 10.4. The summed E-state index contributed by atoms with van der Waals surface area (Å²) in [7, 11) is 0. The van der Waals surface area contributed by atoms with E-state index in [-0.39, 0.29) is 6.09 Å². The molecular formula is C22H23ClN6O2. The molecule has 0 radical (unpaired) electrons. The number of benzene rings is 1. The zero-order valence-corrected chi connectivity index (χ0v) is 18.4. The Labute approximate surface area is 185 Å². The molecule has 1 fully saturated rings. The standard InChI is InChI=1S/C22H23ClN6O2/c1-22(2,3)31-21(30)28-10-8-27(9-11-28)17-5-4-15(12-16(17)13-24)18-14-25-20-7-6-19(23)26-29(18)20/h4-7,12,14H,8-11H2,1-3H3. The molecule has 1 aliphatic rings. The molecule has 1 amide bonds. The Morgan fingerprint density at radius 1 is 1.16 bits per heavy atom. The third-order valence-electron chi connectivity index (χ3n) is 5.01. The largest absolute Gasteiger partial charge is 0.444 e. The molecule has 2 aromatic heterocycles. The van der Waals surface area contributed by atoms with Gasteiger partial charge in [-0.1, -0.05) is 17.7 Å². The molecule has 0 bridgehead atoms. The van der Waals surface area contributed by atoms with Crippen LogP contribution < -0.4 is 4.90 Å². The third kappa shape index (κ3) is 4.42. The number of ether oxygens (including phenoxy) is 1. The number of anilines is 1. The van der Waals surface area contributed by atoms with Crippen LogP contribution in [0.1, 0.15) is 26.3 Å². The summed E-state index contributed by atoms with van der Waals surface area (Å²) in [5.74, 6) is 0. The van der Waals surface area contributed by atoms with E-state index in [9.17, 15) is 10.1 Å². The lowest BCUT2D eigenvalue weighted by molar-refractivity contribution is 0.0240. The van der Waals surface area contributed by atoms with E-state index >= 15 is 0 Å². The van der Waals surface area contributed by atoms with Crippen molar-refractivity contribution in [2.45, 2.75) is 26.4 Å². The van der Waals surface area contributed by atoms with Crippen LogP contribution in [-0.4, -0.2) is 57.4 Å². The predicted octanol–water partition coefficient (Wildman–Crippen LogP) is 3.98. The van der Waals surface area contributed by atoms with Gasteiger partial charge in [-0.2, -0.15) is 10.4 Å². The van der Waals surface area contributed by atoms with E-state index in [4.69, 9.17) is 16.3 Å². The smallest absolute Gasteiger partial charge is 0.410 e. The van der Waals surface area contributed by atoms with Crippen LogP contribution in [0.5, 0.6) is 0 Å². The first-order chi connectivity index (χ1) is 14.7. The number of aromatic nitrogens is 3. The van der Waals surface area contributed by atoms with Crippen LogP contribution >= 0.6 is 11.6 Å². The van der Waals surface area contributed by atoms with E-state index in [1.807, 2.05) is 39.0 Å². The Balaban J connectivity index is 1.54. The fourth-order valence-electron chi connectivity index (χ4n) is 3.56. The van der Waals surface area contributed by atoms with E-state index in [0.717, 1.165) is 16.9 Å². The minimum absolute atomic E-state index is 0.304. The summed E-state index contributed by atoms with van der Waals surface area (Å²) in [6.45, 7) is 7.90. The van der Waals surface area contributed by atoms with E-state index in [2.05, 4.69) is 21.1 Å². The highest BCUT2D eigenvalue weighted by Gasteiger charge is 2.27. The number of amides is 1. The number of nitrogens with zero attached hydrogens (tertiary/aromatic N) is 6. The van der Waals surface area contributed by atoms with Crippen molar-refractivity contribution < 1.29 is 9.53 Å². The molecular weight excluding hydrogens is 416 g/mol. The van der Waals surface area contributed by atoms with E-state index in [1.54, 1.807) is 27.7 Å². The maximum Gasteiger partial charge on any atom is 0.410 e. The van der Waals surface area contributed by atoms with Crippen LogP contribution in [0.25, 0.3) is 16.9 Å². The first-order valence-electron chi connectivity index (χ1n) is 10.0. The lowest BCUT2D eigenvalue weighted by atomic mass is 10.1. The Kier molecular flexibility index (Phi) is 5.46. The van der Waals surface area contributed by atoms with Gasteiger partial charge >= 0.3 is 6.09 Å². The number of fused-ring (bicyclic) bond motifs is 1. The lowest BCUT2D eigenvalue weighted by Gasteiger charge is -2.37. The first kappa shape index (κ1) is 20.9. The molecule has 1 aliphatic heterocycles. The summed E-state index contributed by atoms with van der Waals surface area (Å²) in [6, 6.07) is 11.5. The summed E-state index contributed by atoms with van der Waals surface area (Å²) in [4.78, 5) is 20.5. The number of hydrogen-bond donors (Lipinski definition) is 0. The van der Waals surface area contributed by atoms with Gasteiger partial charge < -0.3 is 14.5 Å². The van der Waals surface area contributed by atoms with Crippen LogP contribution in [0, 0.1) is 11.3 Å². The van der Waals surface area contributed by atoms with Crippen molar-refractivity contribution in [3.8, 4) is 17.3 Å². The topological polar surface area (TPSA) is 86.8 Å². The van der Waals surface area contributed by atoms with Gasteiger partial charge in [0, 0.05) is 31.7 Å². The van der Waals surface area contributed by atoms with Crippen LogP contribution in [0.3, 0.4) is 0 Å². The van der Waals surface area contributed by atoms with E-state index in [0.29, 0.717) is 42.5 Å². The molecule has 0 spiro atoms. The predicted molar refractivity (Wildman–Crippen MR) is 118 cm³/mol. The molecule has 3 aromatic rings. The number of piperazine rings is 1. The lowest BCUT2D eigenvalue weighted by Crippen LogP contribution is -2.50. The Morgan fingerprint density at radius 3 is 2.58 bits per heavy atom. The number of imidazole rings is 1. The Hall–Kier alpha value is -3.31. The third-order valence-corrected chi connectivity index (χ3v) is 5.22. The van der Waals surface area contributed by atoms with Crippen LogP contribution in [0.2, 0.25) is 5.15 Å². The van der Waals surface area contributed by atoms with Gasteiger partial charge in [-0.15, -0.1) is 0 Å². The van der Waals surface area contributed by atoms with Crippen LogP contribution in [0.15, 0.2) is 36.5 Å². The summed E-state index contributed by atoms with van der Waals surface area (Å²) >= 11 is 6.03. The molecule has 31 heavy (non-hydrogen) atoms. The number of carbonyl (C=O) groups excluding carboxylic acids is 1. The molecule has 160 valence electrons. The van der Waals surface area contributed by atoms with Crippen molar-refractivity contribution >= 4 is 29.0 Å². The molecule has 1 aromatic carbocycles. The normalized spacial score (nSPS) is 14.5. The van der Waals surface area contributed by atoms with Gasteiger partial charge in [0.2, 0.25) is 0 Å². The molecule has 3 heterocycles. The molecule has 0 aliphatic carbocycles. The number of carbonyl (C=O) groups is 1. The van der Waals surface area contributed by atoms with Crippen LogP contribution in [-0.2, 0) is 4.74 Å². The van der Waals surface area contributed by atoms with Crippen molar-refractivity contribution in [3.05, 3.63) is 47.2 Å². The summed E-state index contributed by atoms with van der Waals surface area (Å²) in [5, 5.41) is 14.5.